The molecule has 0 aromatic heterocycles. The van der Waals surface area contributed by atoms with Gasteiger partial charge in [-0.15, -0.1) is 0 Å². The van der Waals surface area contributed by atoms with E-state index in [9.17, 15) is 14.4 Å². The molecule has 4 rings (SSSR count). The topological polar surface area (TPSA) is 84.9 Å². The minimum atomic E-state index is -1.34. The first kappa shape index (κ1) is 24.4. The Kier molecular flexibility index (Phi) is 8.13. The van der Waals surface area contributed by atoms with Gasteiger partial charge >= 0.3 is 18.0 Å². The molecule has 0 unspecified atom stereocenters. The van der Waals surface area contributed by atoms with Crippen molar-refractivity contribution in [3.63, 3.8) is 0 Å². The van der Waals surface area contributed by atoms with E-state index in [0.29, 0.717) is 36.6 Å². The number of likely N-dealkylation sites (tertiary alicyclic amines) is 1. The van der Waals surface area contributed by atoms with Gasteiger partial charge in [0, 0.05) is 30.2 Å². The molecule has 1 aliphatic heterocycles. The highest BCUT2D eigenvalue weighted by molar-refractivity contribution is 6.32. The van der Waals surface area contributed by atoms with Crippen LogP contribution in [0, 0.1) is 0 Å². The lowest BCUT2D eigenvalue weighted by Gasteiger charge is -2.31. The molecule has 0 aliphatic carbocycles. The lowest BCUT2D eigenvalue weighted by atomic mass is 10.0. The number of amides is 1. The standard InChI is InChI=1S/C27H25ClN2O5/c28-21-12-10-19(11-13-21)18-30-16-14-22(15-17-30)34-25(31)26(32)35-27(33)29-24-9-5-4-8-23(24)20-6-2-1-3-7-20/h1-13,22H,14-18H2,(H,29,33). The van der Waals surface area contributed by atoms with E-state index < -0.39 is 24.1 Å². The first-order valence-electron chi connectivity index (χ1n) is 11.3. The van der Waals surface area contributed by atoms with E-state index in [1.54, 1.807) is 12.1 Å². The van der Waals surface area contributed by atoms with Gasteiger partial charge in [-0.05, 0) is 42.2 Å². The summed E-state index contributed by atoms with van der Waals surface area (Å²) in [6, 6.07) is 24.2. The second-order valence-electron chi connectivity index (χ2n) is 8.22. The van der Waals surface area contributed by atoms with E-state index in [2.05, 4.69) is 15.0 Å². The minimum absolute atomic E-state index is 0.404. The van der Waals surface area contributed by atoms with E-state index in [0.717, 1.165) is 23.2 Å². The summed E-state index contributed by atoms with van der Waals surface area (Å²) in [6.07, 6.45) is -0.279. The summed E-state index contributed by atoms with van der Waals surface area (Å²) in [6.45, 7) is 2.20. The number of carbonyl (C=O) groups excluding carboxylic acids is 3. The molecular weight excluding hydrogens is 468 g/mol. The van der Waals surface area contributed by atoms with E-state index in [1.807, 2.05) is 66.7 Å². The first-order chi connectivity index (χ1) is 17.0. The Morgan fingerprint density at radius 1 is 0.857 bits per heavy atom. The van der Waals surface area contributed by atoms with Crippen LogP contribution in [-0.2, 0) is 25.6 Å². The van der Waals surface area contributed by atoms with Crippen LogP contribution < -0.4 is 5.32 Å². The number of anilines is 1. The van der Waals surface area contributed by atoms with Gasteiger partial charge in [-0.2, -0.15) is 0 Å². The van der Waals surface area contributed by atoms with Crippen LogP contribution in [0.1, 0.15) is 18.4 Å². The summed E-state index contributed by atoms with van der Waals surface area (Å²) in [5, 5.41) is 3.22. The third-order valence-electron chi connectivity index (χ3n) is 5.73. The molecule has 0 saturated carbocycles. The maximum Gasteiger partial charge on any atom is 0.426 e. The number of hydrogen-bond donors (Lipinski definition) is 1. The second kappa shape index (κ2) is 11.6. The first-order valence-corrected chi connectivity index (χ1v) is 11.7. The van der Waals surface area contributed by atoms with Crippen LogP contribution in [0.25, 0.3) is 11.1 Å². The molecule has 0 spiro atoms. The van der Waals surface area contributed by atoms with Crippen LogP contribution in [0.2, 0.25) is 5.02 Å². The van der Waals surface area contributed by atoms with Gasteiger partial charge in [0.25, 0.3) is 0 Å². The van der Waals surface area contributed by atoms with Gasteiger partial charge in [0.1, 0.15) is 6.10 Å². The number of carbonyl (C=O) groups is 3. The predicted octanol–water partition coefficient (Wildman–Crippen LogP) is 5.29. The smallest absolute Gasteiger partial charge is 0.426 e. The van der Waals surface area contributed by atoms with Gasteiger partial charge in [0.2, 0.25) is 0 Å². The molecule has 8 heteroatoms. The fourth-order valence-corrected chi connectivity index (χ4v) is 4.08. The fourth-order valence-electron chi connectivity index (χ4n) is 3.96. The molecule has 3 aromatic carbocycles. The SMILES string of the molecule is O=C(Nc1ccccc1-c1ccccc1)OC(=O)C(=O)OC1CCN(Cc2ccc(Cl)cc2)CC1. The third-order valence-corrected chi connectivity index (χ3v) is 5.98. The molecule has 1 saturated heterocycles. The molecule has 0 bridgehead atoms. The zero-order chi connectivity index (χ0) is 24.6. The predicted molar refractivity (Wildman–Crippen MR) is 133 cm³/mol. The average molecular weight is 493 g/mol. The second-order valence-corrected chi connectivity index (χ2v) is 8.66. The molecule has 0 radical (unpaired) electrons. The highest BCUT2D eigenvalue weighted by Gasteiger charge is 2.28. The van der Waals surface area contributed by atoms with Crippen molar-refractivity contribution in [2.45, 2.75) is 25.5 Å². The van der Waals surface area contributed by atoms with Crippen LogP contribution in [0.4, 0.5) is 10.5 Å². The summed E-state index contributed by atoms with van der Waals surface area (Å²) < 4.78 is 9.95. The number of piperidine rings is 1. The van der Waals surface area contributed by atoms with Gasteiger partial charge in [-0.1, -0.05) is 72.3 Å². The molecule has 0 atom stereocenters. The maximum absolute atomic E-state index is 12.3. The Morgan fingerprint density at radius 2 is 1.51 bits per heavy atom. The number of halogens is 1. The lowest BCUT2D eigenvalue weighted by molar-refractivity contribution is -0.168. The number of nitrogens with zero attached hydrogens (tertiary/aromatic N) is 1. The molecule has 1 heterocycles. The van der Waals surface area contributed by atoms with Crippen molar-refractivity contribution in [3.05, 3.63) is 89.4 Å². The van der Waals surface area contributed by atoms with Crippen LogP contribution in [0.15, 0.2) is 78.9 Å². The number of nitrogens with one attached hydrogen (secondary N) is 1. The molecule has 1 aliphatic rings. The molecule has 180 valence electrons. The van der Waals surface area contributed by atoms with Crippen molar-refractivity contribution >= 4 is 35.3 Å². The van der Waals surface area contributed by atoms with E-state index in [1.165, 1.54) is 0 Å². The molecule has 3 aromatic rings. The summed E-state index contributed by atoms with van der Waals surface area (Å²) in [5.74, 6) is -2.52. The van der Waals surface area contributed by atoms with Gasteiger partial charge in [0.05, 0.1) is 5.69 Å². The fraction of sp³-hybridized carbons (Fsp3) is 0.222. The van der Waals surface area contributed by atoms with Crippen molar-refractivity contribution in [2.24, 2.45) is 0 Å². The Balaban J connectivity index is 1.24. The van der Waals surface area contributed by atoms with Crippen LogP contribution in [-0.4, -0.2) is 42.1 Å². The molecule has 1 N–H and O–H groups in total. The number of esters is 2. The molecule has 1 fully saturated rings. The van der Waals surface area contributed by atoms with Crippen molar-refractivity contribution in [2.75, 3.05) is 18.4 Å². The Bertz CT molecular complexity index is 1180. The largest absolute Gasteiger partial charge is 0.454 e. The maximum atomic E-state index is 12.3. The minimum Gasteiger partial charge on any atom is -0.454 e. The lowest BCUT2D eigenvalue weighted by Crippen LogP contribution is -2.39. The number of benzene rings is 3. The van der Waals surface area contributed by atoms with Crippen LogP contribution >= 0.6 is 11.6 Å². The monoisotopic (exact) mass is 492 g/mol. The summed E-state index contributed by atoms with van der Waals surface area (Å²) >= 11 is 5.93. The third kappa shape index (κ3) is 6.91. The highest BCUT2D eigenvalue weighted by Crippen LogP contribution is 2.27. The van der Waals surface area contributed by atoms with Crippen molar-refractivity contribution in [3.8, 4) is 11.1 Å². The molecule has 1 amide bonds. The molecule has 7 nitrogen and oxygen atoms in total. The quantitative estimate of drug-likeness (QED) is 0.296. The van der Waals surface area contributed by atoms with Crippen molar-refractivity contribution in [1.82, 2.24) is 4.90 Å². The number of hydrogen-bond acceptors (Lipinski definition) is 6. The summed E-state index contributed by atoms with van der Waals surface area (Å²) in [7, 11) is 0. The van der Waals surface area contributed by atoms with Gasteiger partial charge < -0.3 is 9.47 Å². The normalized spacial score (nSPS) is 14.2. The van der Waals surface area contributed by atoms with E-state index >= 15 is 0 Å². The number of para-hydroxylation sites is 1. The Morgan fingerprint density at radius 3 is 2.23 bits per heavy atom. The van der Waals surface area contributed by atoms with Gasteiger partial charge in [0.15, 0.2) is 0 Å². The highest BCUT2D eigenvalue weighted by atomic mass is 35.5. The summed E-state index contributed by atoms with van der Waals surface area (Å²) in [5.41, 5.74) is 3.24. The average Bonchev–Trinajstić information content (AvgIpc) is 2.87. The van der Waals surface area contributed by atoms with Crippen LogP contribution in [0.5, 0.6) is 0 Å². The van der Waals surface area contributed by atoms with Gasteiger partial charge in [-0.3, -0.25) is 10.2 Å². The van der Waals surface area contributed by atoms with Crippen molar-refractivity contribution < 1.29 is 23.9 Å². The number of rotatable bonds is 5. The Labute approximate surface area is 208 Å². The van der Waals surface area contributed by atoms with Gasteiger partial charge in [-0.25, -0.2) is 14.4 Å². The van der Waals surface area contributed by atoms with E-state index in [-0.39, 0.29) is 0 Å². The Hall–Kier alpha value is -3.68. The van der Waals surface area contributed by atoms with E-state index in [4.69, 9.17) is 16.3 Å². The molecular formula is C27H25ClN2O5. The summed E-state index contributed by atoms with van der Waals surface area (Å²) in [4.78, 5) is 38.8. The van der Waals surface area contributed by atoms with Crippen LogP contribution in [0.3, 0.4) is 0 Å². The zero-order valence-corrected chi connectivity index (χ0v) is 19.7. The molecule has 35 heavy (non-hydrogen) atoms. The zero-order valence-electron chi connectivity index (χ0n) is 19.0. The number of ether oxygens (including phenoxy) is 2. The van der Waals surface area contributed by atoms with Crippen molar-refractivity contribution in [1.29, 1.82) is 0 Å².